The van der Waals surface area contributed by atoms with Crippen molar-refractivity contribution in [1.29, 1.82) is 0 Å². The van der Waals surface area contributed by atoms with Crippen molar-refractivity contribution in [1.82, 2.24) is 5.32 Å². The fourth-order valence-corrected chi connectivity index (χ4v) is 1.64. The lowest BCUT2D eigenvalue weighted by Gasteiger charge is -2.07. The van der Waals surface area contributed by atoms with Crippen molar-refractivity contribution in [3.05, 3.63) is 23.2 Å². The highest BCUT2D eigenvalue weighted by Crippen LogP contribution is 2.14. The maximum absolute atomic E-state index is 10.7. The van der Waals surface area contributed by atoms with E-state index >= 15 is 0 Å². The molecule has 0 aliphatic heterocycles. The molecule has 0 saturated heterocycles. The molecule has 0 unspecified atom stereocenters. The van der Waals surface area contributed by atoms with Crippen LogP contribution in [-0.4, -0.2) is 30.8 Å². The van der Waals surface area contributed by atoms with Crippen LogP contribution in [0.4, 0.5) is 0 Å². The molecule has 1 aromatic rings. The average Bonchev–Trinajstić information content (AvgIpc) is 2.69. The van der Waals surface area contributed by atoms with Crippen LogP contribution in [-0.2, 0) is 11.3 Å². The number of hydrogen-bond donors (Lipinski definition) is 2. The van der Waals surface area contributed by atoms with E-state index in [1.165, 1.54) is 0 Å². The van der Waals surface area contributed by atoms with E-state index in [0.29, 0.717) is 18.2 Å². The lowest BCUT2D eigenvalue weighted by molar-refractivity contribution is 0.0661. The first-order valence-electron chi connectivity index (χ1n) is 6.61. The minimum absolute atomic E-state index is 0.00503. The summed E-state index contributed by atoms with van der Waals surface area (Å²) < 4.78 is 10.6. The first-order valence-corrected chi connectivity index (χ1v) is 6.61. The number of carboxylic acid groups (broad SMARTS) is 1. The van der Waals surface area contributed by atoms with E-state index in [1.807, 2.05) is 0 Å². The highest BCUT2D eigenvalue weighted by Gasteiger charge is 2.12. The zero-order chi connectivity index (χ0) is 14.3. The SMILES string of the molecule is Cc1oc(C(=O)O)cc1CNCCCOCC(C)C. The Bertz CT molecular complexity index is 398. The monoisotopic (exact) mass is 269 g/mol. The summed E-state index contributed by atoms with van der Waals surface area (Å²) in [6.45, 7) is 9.02. The molecule has 0 amide bonds. The number of hydrogen-bond acceptors (Lipinski definition) is 4. The second-order valence-corrected chi connectivity index (χ2v) is 5.00. The maximum atomic E-state index is 10.7. The van der Waals surface area contributed by atoms with Gasteiger partial charge in [-0.15, -0.1) is 0 Å². The summed E-state index contributed by atoms with van der Waals surface area (Å²) in [5.41, 5.74) is 0.889. The van der Waals surface area contributed by atoms with Gasteiger partial charge in [-0.05, 0) is 31.9 Å². The van der Waals surface area contributed by atoms with E-state index < -0.39 is 5.97 Å². The number of rotatable bonds is 9. The molecule has 0 fully saturated rings. The smallest absolute Gasteiger partial charge is 0.371 e. The molecule has 0 atom stereocenters. The highest BCUT2D eigenvalue weighted by atomic mass is 16.5. The molecule has 5 nitrogen and oxygen atoms in total. The number of furan rings is 1. The van der Waals surface area contributed by atoms with Gasteiger partial charge in [-0.1, -0.05) is 13.8 Å². The van der Waals surface area contributed by atoms with Gasteiger partial charge in [0.25, 0.3) is 0 Å². The highest BCUT2D eigenvalue weighted by molar-refractivity contribution is 5.84. The quantitative estimate of drug-likeness (QED) is 0.674. The molecule has 0 spiro atoms. The van der Waals surface area contributed by atoms with E-state index in [-0.39, 0.29) is 5.76 Å². The number of ether oxygens (including phenoxy) is 1. The minimum Gasteiger partial charge on any atom is -0.475 e. The second kappa shape index (κ2) is 7.96. The van der Waals surface area contributed by atoms with Crippen LogP contribution in [0.15, 0.2) is 10.5 Å². The van der Waals surface area contributed by atoms with Crippen LogP contribution in [0.2, 0.25) is 0 Å². The normalized spacial score (nSPS) is 11.2. The van der Waals surface area contributed by atoms with Gasteiger partial charge in [-0.25, -0.2) is 4.79 Å². The van der Waals surface area contributed by atoms with Crippen LogP contribution in [0.3, 0.4) is 0 Å². The number of carboxylic acids is 1. The molecule has 0 aromatic carbocycles. The predicted octanol–water partition coefficient (Wildman–Crippen LogP) is 2.44. The van der Waals surface area contributed by atoms with Crippen LogP contribution < -0.4 is 5.32 Å². The number of carbonyl (C=O) groups is 1. The van der Waals surface area contributed by atoms with Crippen molar-refractivity contribution >= 4 is 5.97 Å². The van der Waals surface area contributed by atoms with Crippen LogP contribution in [0.25, 0.3) is 0 Å². The molecule has 0 aliphatic carbocycles. The molecule has 0 bridgehead atoms. The molecule has 1 aromatic heterocycles. The first-order chi connectivity index (χ1) is 9.00. The van der Waals surface area contributed by atoms with Gasteiger partial charge in [0.2, 0.25) is 5.76 Å². The molecule has 1 heterocycles. The van der Waals surface area contributed by atoms with Crippen molar-refractivity contribution in [2.45, 2.75) is 33.7 Å². The van der Waals surface area contributed by atoms with E-state index in [9.17, 15) is 4.79 Å². The summed E-state index contributed by atoms with van der Waals surface area (Å²) in [5, 5.41) is 12.1. The summed E-state index contributed by atoms with van der Waals surface area (Å²) in [6.07, 6.45) is 0.940. The van der Waals surface area contributed by atoms with Gasteiger partial charge in [-0.2, -0.15) is 0 Å². The van der Waals surface area contributed by atoms with Crippen molar-refractivity contribution < 1.29 is 19.1 Å². The fraction of sp³-hybridized carbons (Fsp3) is 0.643. The van der Waals surface area contributed by atoms with Crippen LogP contribution in [0.1, 0.15) is 42.1 Å². The standard InChI is InChI=1S/C14H23NO4/c1-10(2)9-18-6-4-5-15-8-12-7-13(14(16)17)19-11(12)3/h7,10,15H,4-6,8-9H2,1-3H3,(H,16,17). The van der Waals surface area contributed by atoms with E-state index in [0.717, 1.165) is 31.7 Å². The van der Waals surface area contributed by atoms with Crippen molar-refractivity contribution in [2.75, 3.05) is 19.8 Å². The summed E-state index contributed by atoms with van der Waals surface area (Å²) in [7, 11) is 0. The van der Waals surface area contributed by atoms with Gasteiger partial charge in [0.15, 0.2) is 0 Å². The van der Waals surface area contributed by atoms with E-state index in [1.54, 1.807) is 13.0 Å². The molecular weight excluding hydrogens is 246 g/mol. The first kappa shape index (κ1) is 15.7. The van der Waals surface area contributed by atoms with Crippen LogP contribution in [0, 0.1) is 12.8 Å². The van der Waals surface area contributed by atoms with Gasteiger partial charge in [-0.3, -0.25) is 0 Å². The lowest BCUT2D eigenvalue weighted by atomic mass is 10.2. The third-order valence-corrected chi connectivity index (χ3v) is 2.64. The Kier molecular flexibility index (Phi) is 6.59. The Morgan fingerprint density at radius 1 is 1.53 bits per heavy atom. The Morgan fingerprint density at radius 2 is 2.26 bits per heavy atom. The molecular formula is C14H23NO4. The molecule has 0 radical (unpaired) electrons. The van der Waals surface area contributed by atoms with Crippen LogP contribution >= 0.6 is 0 Å². The van der Waals surface area contributed by atoms with Crippen molar-refractivity contribution in [3.8, 4) is 0 Å². The zero-order valence-electron chi connectivity index (χ0n) is 11.9. The van der Waals surface area contributed by atoms with Crippen molar-refractivity contribution in [2.24, 2.45) is 5.92 Å². The third kappa shape index (κ3) is 5.89. The van der Waals surface area contributed by atoms with Crippen LogP contribution in [0.5, 0.6) is 0 Å². The summed E-state index contributed by atoms with van der Waals surface area (Å²) in [5.74, 6) is 0.183. The lowest BCUT2D eigenvalue weighted by Crippen LogP contribution is -2.17. The average molecular weight is 269 g/mol. The van der Waals surface area contributed by atoms with Gasteiger partial charge in [0, 0.05) is 25.3 Å². The van der Waals surface area contributed by atoms with Gasteiger partial charge in [0.05, 0.1) is 0 Å². The molecule has 0 aliphatic rings. The molecule has 108 valence electrons. The molecule has 2 N–H and O–H groups in total. The third-order valence-electron chi connectivity index (χ3n) is 2.64. The van der Waals surface area contributed by atoms with Gasteiger partial charge >= 0.3 is 5.97 Å². The maximum Gasteiger partial charge on any atom is 0.371 e. The van der Waals surface area contributed by atoms with Crippen molar-refractivity contribution in [3.63, 3.8) is 0 Å². The minimum atomic E-state index is -1.03. The Labute approximate surface area is 113 Å². The van der Waals surface area contributed by atoms with Gasteiger partial charge < -0.3 is 19.6 Å². The summed E-state index contributed by atoms with van der Waals surface area (Å²) in [6, 6.07) is 1.57. The largest absolute Gasteiger partial charge is 0.475 e. The molecule has 5 heteroatoms. The topological polar surface area (TPSA) is 71.7 Å². The Balaban J connectivity index is 2.17. The summed E-state index contributed by atoms with van der Waals surface area (Å²) >= 11 is 0. The van der Waals surface area contributed by atoms with E-state index in [2.05, 4.69) is 19.2 Å². The second-order valence-electron chi connectivity index (χ2n) is 5.00. The predicted molar refractivity (Wildman–Crippen MR) is 72.4 cm³/mol. The number of aryl methyl sites for hydroxylation is 1. The molecule has 19 heavy (non-hydrogen) atoms. The molecule has 0 saturated carbocycles. The number of nitrogens with one attached hydrogen (secondary N) is 1. The number of aromatic carboxylic acids is 1. The van der Waals surface area contributed by atoms with E-state index in [4.69, 9.17) is 14.3 Å². The zero-order valence-corrected chi connectivity index (χ0v) is 11.9. The Hall–Kier alpha value is -1.33. The Morgan fingerprint density at radius 3 is 2.84 bits per heavy atom. The van der Waals surface area contributed by atoms with Gasteiger partial charge in [0.1, 0.15) is 5.76 Å². The summed E-state index contributed by atoms with van der Waals surface area (Å²) in [4.78, 5) is 10.7. The molecule has 1 rings (SSSR count). The fourth-order valence-electron chi connectivity index (χ4n) is 1.64.